The molecule has 0 saturated heterocycles. The first-order valence-electron chi connectivity index (χ1n) is 6.00. The molecular weight excluding hydrogens is 212 g/mol. The average Bonchev–Trinajstić information content (AvgIpc) is 2.91. The minimum atomic E-state index is 0.172. The molecule has 0 spiro atoms. The van der Waals surface area contributed by atoms with E-state index in [1.54, 1.807) is 24.1 Å². The van der Waals surface area contributed by atoms with Crippen LogP contribution in [0.5, 0.6) is 0 Å². The maximum Gasteiger partial charge on any atom is 0.229 e. The van der Waals surface area contributed by atoms with Crippen LogP contribution in [0.3, 0.4) is 0 Å². The van der Waals surface area contributed by atoms with Crippen molar-refractivity contribution in [3.05, 3.63) is 29.8 Å². The molecule has 1 aliphatic rings. The highest BCUT2D eigenvalue weighted by molar-refractivity contribution is 5.94. The molecule has 1 fully saturated rings. The average molecular weight is 228 g/mol. The van der Waals surface area contributed by atoms with Crippen LogP contribution in [0.4, 0.5) is 5.69 Å². The highest BCUT2D eigenvalue weighted by Gasteiger charge is 2.26. The Morgan fingerprint density at radius 3 is 2.76 bits per heavy atom. The highest BCUT2D eigenvalue weighted by atomic mass is 16.2. The Morgan fingerprint density at radius 2 is 2.12 bits per heavy atom. The van der Waals surface area contributed by atoms with Gasteiger partial charge in [-0.2, -0.15) is 5.26 Å². The van der Waals surface area contributed by atoms with E-state index in [-0.39, 0.29) is 11.8 Å². The molecule has 0 aliphatic heterocycles. The van der Waals surface area contributed by atoms with Gasteiger partial charge >= 0.3 is 0 Å². The van der Waals surface area contributed by atoms with Crippen molar-refractivity contribution >= 4 is 11.6 Å². The molecule has 0 N–H and O–H groups in total. The van der Waals surface area contributed by atoms with Gasteiger partial charge in [-0.15, -0.1) is 0 Å². The van der Waals surface area contributed by atoms with Gasteiger partial charge in [0.05, 0.1) is 11.6 Å². The van der Waals surface area contributed by atoms with E-state index in [1.165, 1.54) is 0 Å². The van der Waals surface area contributed by atoms with Crippen LogP contribution in [0.2, 0.25) is 0 Å². The monoisotopic (exact) mass is 228 g/mol. The summed E-state index contributed by atoms with van der Waals surface area (Å²) in [5.41, 5.74) is 1.40. The fraction of sp³-hybridized carbons (Fsp3) is 0.429. The van der Waals surface area contributed by atoms with Crippen molar-refractivity contribution in [3.8, 4) is 6.07 Å². The molecule has 0 bridgehead atoms. The summed E-state index contributed by atoms with van der Waals surface area (Å²) in [6.07, 6.45) is 4.31. The molecule has 3 nitrogen and oxygen atoms in total. The van der Waals surface area contributed by atoms with Gasteiger partial charge in [0.25, 0.3) is 0 Å². The fourth-order valence-corrected chi connectivity index (χ4v) is 2.36. The van der Waals surface area contributed by atoms with Gasteiger partial charge in [0.15, 0.2) is 0 Å². The lowest BCUT2D eigenvalue weighted by Gasteiger charge is -2.21. The first-order chi connectivity index (χ1) is 8.22. The predicted molar refractivity (Wildman–Crippen MR) is 66.5 cm³/mol. The predicted octanol–water partition coefficient (Wildman–Crippen LogP) is 2.71. The molecule has 1 aromatic rings. The van der Waals surface area contributed by atoms with Gasteiger partial charge in [0.2, 0.25) is 5.91 Å². The van der Waals surface area contributed by atoms with Crippen molar-refractivity contribution < 1.29 is 4.79 Å². The Labute approximate surface area is 102 Å². The number of rotatable bonds is 2. The molecule has 17 heavy (non-hydrogen) atoms. The van der Waals surface area contributed by atoms with Crippen LogP contribution in [0.25, 0.3) is 0 Å². The Hall–Kier alpha value is -1.82. The summed E-state index contributed by atoms with van der Waals surface area (Å²) in [5.74, 6) is 0.350. The topological polar surface area (TPSA) is 44.1 Å². The summed E-state index contributed by atoms with van der Waals surface area (Å²) in [7, 11) is 1.79. The molecule has 0 heterocycles. The number of hydrogen-bond acceptors (Lipinski definition) is 2. The third-order valence-corrected chi connectivity index (χ3v) is 3.40. The maximum absolute atomic E-state index is 12.2. The molecule has 2 rings (SSSR count). The van der Waals surface area contributed by atoms with Crippen molar-refractivity contribution in [2.75, 3.05) is 11.9 Å². The summed E-state index contributed by atoms with van der Waals surface area (Å²) in [6, 6.07) is 9.28. The van der Waals surface area contributed by atoms with Crippen LogP contribution >= 0.6 is 0 Å². The van der Waals surface area contributed by atoms with E-state index in [0.29, 0.717) is 5.56 Å². The summed E-state index contributed by atoms with van der Waals surface area (Å²) in [5, 5.41) is 8.84. The third kappa shape index (κ3) is 2.47. The van der Waals surface area contributed by atoms with Crippen molar-refractivity contribution in [1.82, 2.24) is 0 Å². The van der Waals surface area contributed by atoms with E-state index in [9.17, 15) is 4.79 Å². The second-order valence-corrected chi connectivity index (χ2v) is 4.54. The second-order valence-electron chi connectivity index (χ2n) is 4.54. The van der Waals surface area contributed by atoms with Gasteiger partial charge < -0.3 is 4.90 Å². The van der Waals surface area contributed by atoms with Gasteiger partial charge in [-0.3, -0.25) is 4.79 Å². The van der Waals surface area contributed by atoms with Gasteiger partial charge in [0.1, 0.15) is 0 Å². The maximum atomic E-state index is 12.2. The lowest BCUT2D eigenvalue weighted by Crippen LogP contribution is -2.31. The number of carbonyl (C=O) groups is 1. The summed E-state index contributed by atoms with van der Waals surface area (Å²) in [4.78, 5) is 13.9. The Balaban J connectivity index is 2.15. The highest BCUT2D eigenvalue weighted by Crippen LogP contribution is 2.28. The third-order valence-electron chi connectivity index (χ3n) is 3.40. The van der Waals surface area contributed by atoms with Crippen molar-refractivity contribution in [3.63, 3.8) is 0 Å². The van der Waals surface area contributed by atoms with Crippen molar-refractivity contribution in [2.24, 2.45) is 5.92 Å². The first kappa shape index (κ1) is 11.7. The number of nitriles is 1. The molecule has 1 aromatic carbocycles. The normalized spacial score (nSPS) is 15.5. The van der Waals surface area contributed by atoms with Crippen LogP contribution in [0, 0.1) is 17.2 Å². The smallest absolute Gasteiger partial charge is 0.229 e. The van der Waals surface area contributed by atoms with Gasteiger partial charge in [-0.25, -0.2) is 0 Å². The lowest BCUT2D eigenvalue weighted by molar-refractivity contribution is -0.121. The van der Waals surface area contributed by atoms with Gasteiger partial charge in [0, 0.05) is 18.7 Å². The van der Waals surface area contributed by atoms with Crippen LogP contribution in [-0.4, -0.2) is 13.0 Å². The molecule has 3 heteroatoms. The van der Waals surface area contributed by atoms with E-state index >= 15 is 0 Å². The van der Waals surface area contributed by atoms with Crippen LogP contribution in [0.1, 0.15) is 31.2 Å². The quantitative estimate of drug-likeness (QED) is 0.781. The van der Waals surface area contributed by atoms with Crippen LogP contribution in [0.15, 0.2) is 24.3 Å². The molecule has 0 radical (unpaired) electrons. The lowest BCUT2D eigenvalue weighted by atomic mass is 10.1. The second kappa shape index (κ2) is 5.01. The minimum Gasteiger partial charge on any atom is -0.315 e. The van der Waals surface area contributed by atoms with Gasteiger partial charge in [-0.05, 0) is 31.0 Å². The van der Waals surface area contributed by atoms with Crippen LogP contribution in [-0.2, 0) is 4.79 Å². The Bertz CT molecular complexity index is 456. The number of amides is 1. The molecule has 0 unspecified atom stereocenters. The number of hydrogen-bond donors (Lipinski definition) is 0. The Morgan fingerprint density at radius 1 is 1.41 bits per heavy atom. The van der Waals surface area contributed by atoms with Crippen LogP contribution < -0.4 is 4.90 Å². The molecule has 0 atom stereocenters. The van der Waals surface area contributed by atoms with Crippen molar-refractivity contribution in [2.45, 2.75) is 25.7 Å². The van der Waals surface area contributed by atoms with Gasteiger partial charge in [-0.1, -0.05) is 18.9 Å². The van der Waals surface area contributed by atoms with E-state index in [2.05, 4.69) is 6.07 Å². The fourth-order valence-electron chi connectivity index (χ4n) is 2.36. The standard InChI is InChI=1S/C14H16N2O/c1-16(14(17)12-6-2-3-7-12)13-8-4-5-11(9-13)10-15/h4-5,8-9,12H,2-3,6-7H2,1H3. The zero-order chi connectivity index (χ0) is 12.3. The first-order valence-corrected chi connectivity index (χ1v) is 6.00. The van der Waals surface area contributed by atoms with E-state index in [0.717, 1.165) is 31.4 Å². The van der Waals surface area contributed by atoms with Crippen molar-refractivity contribution in [1.29, 1.82) is 5.26 Å². The molecular formula is C14H16N2O. The molecule has 88 valence electrons. The number of anilines is 1. The number of carbonyl (C=O) groups excluding carboxylic acids is 1. The molecule has 1 saturated carbocycles. The minimum absolute atomic E-state index is 0.172. The largest absolute Gasteiger partial charge is 0.315 e. The zero-order valence-electron chi connectivity index (χ0n) is 10.0. The summed E-state index contributed by atoms with van der Waals surface area (Å²) < 4.78 is 0. The SMILES string of the molecule is CN(C(=O)C1CCCC1)c1cccc(C#N)c1. The molecule has 0 aromatic heterocycles. The molecule has 1 amide bonds. The summed E-state index contributed by atoms with van der Waals surface area (Å²) in [6.45, 7) is 0. The van der Waals surface area contributed by atoms with E-state index in [4.69, 9.17) is 5.26 Å². The van der Waals surface area contributed by atoms with E-state index in [1.807, 2.05) is 12.1 Å². The Kier molecular flexibility index (Phi) is 3.43. The summed E-state index contributed by atoms with van der Waals surface area (Å²) >= 11 is 0. The molecule has 1 aliphatic carbocycles. The number of nitrogens with zero attached hydrogens (tertiary/aromatic N) is 2. The zero-order valence-corrected chi connectivity index (χ0v) is 10.0. The van der Waals surface area contributed by atoms with E-state index < -0.39 is 0 Å². The number of benzene rings is 1.